The summed E-state index contributed by atoms with van der Waals surface area (Å²) in [6, 6.07) is 9.96. The van der Waals surface area contributed by atoms with Crippen molar-refractivity contribution in [3.63, 3.8) is 0 Å². The zero-order chi connectivity index (χ0) is 19.6. The molecule has 1 aliphatic heterocycles. The number of carbonyl (C=O) groups excluding carboxylic acids is 2. The molecular formula is C21H34N4O2. The lowest BCUT2D eigenvalue weighted by Crippen LogP contribution is -2.52. The summed E-state index contributed by atoms with van der Waals surface area (Å²) < 4.78 is 0. The molecule has 27 heavy (non-hydrogen) atoms. The summed E-state index contributed by atoms with van der Waals surface area (Å²) in [6.07, 6.45) is 2.11. The van der Waals surface area contributed by atoms with E-state index in [1.165, 1.54) is 0 Å². The van der Waals surface area contributed by atoms with E-state index < -0.39 is 0 Å². The summed E-state index contributed by atoms with van der Waals surface area (Å²) in [4.78, 5) is 31.0. The normalized spacial score (nSPS) is 15.7. The van der Waals surface area contributed by atoms with E-state index in [-0.39, 0.29) is 17.9 Å². The number of hydrogen-bond donors (Lipinski definition) is 1. The van der Waals surface area contributed by atoms with Gasteiger partial charge >= 0.3 is 0 Å². The van der Waals surface area contributed by atoms with Crippen molar-refractivity contribution in [2.75, 3.05) is 50.7 Å². The van der Waals surface area contributed by atoms with Crippen molar-refractivity contribution in [2.45, 2.75) is 39.7 Å². The van der Waals surface area contributed by atoms with Crippen LogP contribution >= 0.6 is 0 Å². The van der Waals surface area contributed by atoms with Crippen LogP contribution in [0, 0.1) is 0 Å². The predicted molar refractivity (Wildman–Crippen MR) is 110 cm³/mol. The maximum absolute atomic E-state index is 12.9. The summed E-state index contributed by atoms with van der Waals surface area (Å²) in [5, 5.41) is 2.96. The Morgan fingerprint density at radius 2 is 1.63 bits per heavy atom. The van der Waals surface area contributed by atoms with Crippen molar-refractivity contribution in [1.82, 2.24) is 15.1 Å². The first-order valence-corrected chi connectivity index (χ1v) is 10.1. The number of anilines is 1. The maximum atomic E-state index is 12.9. The average Bonchev–Trinajstić information content (AvgIpc) is 2.64. The Bertz CT molecular complexity index is 583. The SMILES string of the molecule is CCCCNC(=O)CN1CCN(CC(=O)N(c2ccccc2)C(C)C)CC1. The highest BCUT2D eigenvalue weighted by Gasteiger charge is 2.24. The van der Waals surface area contributed by atoms with E-state index in [0.717, 1.165) is 51.3 Å². The van der Waals surface area contributed by atoms with Gasteiger partial charge in [0.15, 0.2) is 0 Å². The summed E-state index contributed by atoms with van der Waals surface area (Å²) >= 11 is 0. The molecule has 2 amide bonds. The summed E-state index contributed by atoms with van der Waals surface area (Å²) in [7, 11) is 0. The van der Waals surface area contributed by atoms with Gasteiger partial charge in [0.05, 0.1) is 13.1 Å². The number of nitrogens with one attached hydrogen (secondary N) is 1. The largest absolute Gasteiger partial charge is 0.355 e. The summed E-state index contributed by atoms with van der Waals surface area (Å²) in [5.41, 5.74) is 0.944. The molecule has 6 nitrogen and oxygen atoms in total. The van der Waals surface area contributed by atoms with Crippen molar-refractivity contribution in [3.05, 3.63) is 30.3 Å². The van der Waals surface area contributed by atoms with Crippen LogP contribution in [-0.4, -0.2) is 73.5 Å². The number of rotatable bonds is 9. The lowest BCUT2D eigenvalue weighted by atomic mass is 10.2. The monoisotopic (exact) mass is 374 g/mol. The molecule has 1 aromatic rings. The van der Waals surface area contributed by atoms with Gasteiger partial charge in [-0.2, -0.15) is 0 Å². The molecule has 0 saturated carbocycles. The molecule has 0 radical (unpaired) electrons. The minimum absolute atomic E-state index is 0.100. The minimum Gasteiger partial charge on any atom is -0.355 e. The number of nitrogens with zero attached hydrogens (tertiary/aromatic N) is 3. The fourth-order valence-corrected chi connectivity index (χ4v) is 3.36. The molecule has 1 aromatic carbocycles. The van der Waals surface area contributed by atoms with Crippen LogP contribution in [0.15, 0.2) is 30.3 Å². The van der Waals surface area contributed by atoms with Crippen LogP contribution in [0.4, 0.5) is 5.69 Å². The Hall–Kier alpha value is -1.92. The quantitative estimate of drug-likeness (QED) is 0.672. The first-order valence-electron chi connectivity index (χ1n) is 10.1. The molecule has 2 rings (SSSR count). The van der Waals surface area contributed by atoms with E-state index in [4.69, 9.17) is 0 Å². The molecule has 6 heteroatoms. The number of amides is 2. The molecule has 0 bridgehead atoms. The minimum atomic E-state index is 0.100. The van der Waals surface area contributed by atoms with Gasteiger partial charge in [-0.1, -0.05) is 31.5 Å². The molecule has 0 unspecified atom stereocenters. The number of unbranched alkanes of at least 4 members (excludes halogenated alkanes) is 1. The zero-order valence-corrected chi connectivity index (χ0v) is 17.0. The fraction of sp³-hybridized carbons (Fsp3) is 0.619. The van der Waals surface area contributed by atoms with Crippen molar-refractivity contribution in [2.24, 2.45) is 0 Å². The molecule has 1 saturated heterocycles. The van der Waals surface area contributed by atoms with E-state index in [0.29, 0.717) is 13.1 Å². The third kappa shape index (κ3) is 6.96. The number of benzene rings is 1. The van der Waals surface area contributed by atoms with Crippen LogP contribution in [0.2, 0.25) is 0 Å². The van der Waals surface area contributed by atoms with Crippen LogP contribution in [-0.2, 0) is 9.59 Å². The van der Waals surface area contributed by atoms with Crippen molar-refractivity contribution in [3.8, 4) is 0 Å². The third-order valence-corrected chi connectivity index (χ3v) is 4.86. The van der Waals surface area contributed by atoms with E-state index in [9.17, 15) is 9.59 Å². The first kappa shape index (κ1) is 21.4. The number of para-hydroxylation sites is 1. The standard InChI is InChI=1S/C21H34N4O2/c1-4-5-11-22-20(26)16-23-12-14-24(15-13-23)17-21(27)25(18(2)3)19-9-7-6-8-10-19/h6-10,18H,4-5,11-17H2,1-3H3,(H,22,26). The summed E-state index contributed by atoms with van der Waals surface area (Å²) in [5.74, 6) is 0.227. The molecule has 0 atom stereocenters. The van der Waals surface area contributed by atoms with Gasteiger partial charge in [-0.25, -0.2) is 0 Å². The topological polar surface area (TPSA) is 55.9 Å². The van der Waals surface area contributed by atoms with E-state index in [2.05, 4.69) is 22.0 Å². The second-order valence-corrected chi connectivity index (χ2v) is 7.45. The molecule has 1 N–H and O–H groups in total. The van der Waals surface area contributed by atoms with Crippen LogP contribution < -0.4 is 10.2 Å². The Morgan fingerprint density at radius 3 is 2.19 bits per heavy atom. The second-order valence-electron chi connectivity index (χ2n) is 7.45. The smallest absolute Gasteiger partial charge is 0.241 e. The summed E-state index contributed by atoms with van der Waals surface area (Å²) in [6.45, 7) is 11.1. The number of piperazine rings is 1. The van der Waals surface area contributed by atoms with Crippen molar-refractivity contribution < 1.29 is 9.59 Å². The Morgan fingerprint density at radius 1 is 1.04 bits per heavy atom. The van der Waals surface area contributed by atoms with Gasteiger partial charge in [-0.3, -0.25) is 19.4 Å². The Balaban J connectivity index is 1.79. The highest BCUT2D eigenvalue weighted by molar-refractivity contribution is 5.95. The van der Waals surface area contributed by atoms with Crippen LogP contribution in [0.25, 0.3) is 0 Å². The van der Waals surface area contributed by atoms with Crippen LogP contribution in [0.3, 0.4) is 0 Å². The van der Waals surface area contributed by atoms with E-state index in [1.807, 2.05) is 49.1 Å². The van der Waals surface area contributed by atoms with E-state index >= 15 is 0 Å². The molecule has 150 valence electrons. The molecule has 0 aromatic heterocycles. The average molecular weight is 375 g/mol. The van der Waals surface area contributed by atoms with Gasteiger partial charge in [0.2, 0.25) is 11.8 Å². The maximum Gasteiger partial charge on any atom is 0.241 e. The van der Waals surface area contributed by atoms with Crippen LogP contribution in [0.1, 0.15) is 33.6 Å². The van der Waals surface area contributed by atoms with Gasteiger partial charge in [-0.05, 0) is 32.4 Å². The Kier molecular flexibility index (Phi) is 8.75. The molecule has 1 fully saturated rings. The Labute approximate surface area is 163 Å². The molecule has 1 heterocycles. The third-order valence-electron chi connectivity index (χ3n) is 4.86. The molecular weight excluding hydrogens is 340 g/mol. The molecule has 0 spiro atoms. The highest BCUT2D eigenvalue weighted by atomic mass is 16.2. The molecule has 1 aliphatic rings. The number of hydrogen-bond acceptors (Lipinski definition) is 4. The van der Waals surface area contributed by atoms with Gasteiger partial charge < -0.3 is 10.2 Å². The second kappa shape index (κ2) is 11.0. The van der Waals surface area contributed by atoms with Crippen molar-refractivity contribution in [1.29, 1.82) is 0 Å². The van der Waals surface area contributed by atoms with Gasteiger partial charge in [0.25, 0.3) is 0 Å². The van der Waals surface area contributed by atoms with Gasteiger partial charge in [0.1, 0.15) is 0 Å². The van der Waals surface area contributed by atoms with Gasteiger partial charge in [0, 0.05) is 44.5 Å². The zero-order valence-electron chi connectivity index (χ0n) is 17.0. The van der Waals surface area contributed by atoms with Crippen molar-refractivity contribution >= 4 is 17.5 Å². The van der Waals surface area contributed by atoms with Gasteiger partial charge in [-0.15, -0.1) is 0 Å². The molecule has 0 aliphatic carbocycles. The highest BCUT2D eigenvalue weighted by Crippen LogP contribution is 2.17. The fourth-order valence-electron chi connectivity index (χ4n) is 3.36. The van der Waals surface area contributed by atoms with Crippen LogP contribution in [0.5, 0.6) is 0 Å². The number of carbonyl (C=O) groups is 2. The lowest BCUT2D eigenvalue weighted by Gasteiger charge is -2.35. The van der Waals surface area contributed by atoms with E-state index in [1.54, 1.807) is 0 Å². The predicted octanol–water partition coefficient (Wildman–Crippen LogP) is 1.96. The first-order chi connectivity index (χ1) is 13.0. The lowest BCUT2D eigenvalue weighted by molar-refractivity contribution is -0.124.